The summed E-state index contributed by atoms with van der Waals surface area (Å²) in [4.78, 5) is 21.1. The van der Waals surface area contributed by atoms with E-state index in [9.17, 15) is 9.90 Å². The first-order chi connectivity index (χ1) is 12.6. The predicted octanol–water partition coefficient (Wildman–Crippen LogP) is 2.16. The van der Waals surface area contributed by atoms with E-state index in [1.54, 1.807) is 13.3 Å². The molecule has 2 aliphatic carbocycles. The van der Waals surface area contributed by atoms with E-state index in [4.69, 9.17) is 14.5 Å². The van der Waals surface area contributed by atoms with Crippen molar-refractivity contribution in [1.29, 1.82) is 0 Å². The standard InChI is InChI=1S/C18H24N4O4/c1-25-17(24)18(26-2)7-5-12(6-8-18)14-20-15-13(16(23)21-14)9-19-22(15)10-11-3-4-11/h9,11-12H,3-8,10H2,1-2H3,(H,20,21,23). The first kappa shape index (κ1) is 17.2. The van der Waals surface area contributed by atoms with Gasteiger partial charge in [-0.1, -0.05) is 0 Å². The van der Waals surface area contributed by atoms with Crippen molar-refractivity contribution in [2.45, 2.75) is 56.6 Å². The third-order valence-electron chi connectivity index (χ3n) is 5.73. The minimum absolute atomic E-state index is 0.0245. The number of aromatic hydroxyl groups is 1. The molecule has 2 aromatic rings. The van der Waals surface area contributed by atoms with E-state index in [2.05, 4.69) is 10.1 Å². The zero-order chi connectivity index (χ0) is 18.3. The third kappa shape index (κ3) is 2.92. The molecule has 0 unspecified atom stereocenters. The smallest absolute Gasteiger partial charge is 0.338 e. The molecule has 2 aromatic heterocycles. The number of carbonyl (C=O) groups is 1. The molecule has 8 heteroatoms. The van der Waals surface area contributed by atoms with E-state index in [0.717, 1.165) is 6.54 Å². The van der Waals surface area contributed by atoms with Crippen LogP contribution in [0.1, 0.15) is 50.3 Å². The van der Waals surface area contributed by atoms with Gasteiger partial charge in [0.1, 0.15) is 11.2 Å². The summed E-state index contributed by atoms with van der Waals surface area (Å²) in [5, 5.41) is 15.3. The van der Waals surface area contributed by atoms with Gasteiger partial charge in [-0.2, -0.15) is 10.1 Å². The van der Waals surface area contributed by atoms with Gasteiger partial charge in [-0.15, -0.1) is 0 Å². The number of rotatable bonds is 5. The number of esters is 1. The number of methoxy groups -OCH3 is 2. The zero-order valence-corrected chi connectivity index (χ0v) is 15.1. The van der Waals surface area contributed by atoms with Crippen LogP contribution in [-0.2, 0) is 20.8 Å². The minimum atomic E-state index is -0.884. The molecule has 1 N–H and O–H groups in total. The highest BCUT2D eigenvalue weighted by atomic mass is 16.6. The van der Waals surface area contributed by atoms with Gasteiger partial charge >= 0.3 is 5.97 Å². The van der Waals surface area contributed by atoms with E-state index in [-0.39, 0.29) is 17.8 Å². The van der Waals surface area contributed by atoms with Crippen LogP contribution in [0.4, 0.5) is 0 Å². The van der Waals surface area contributed by atoms with Crippen LogP contribution >= 0.6 is 0 Å². The molecule has 0 aromatic carbocycles. The van der Waals surface area contributed by atoms with Crippen molar-refractivity contribution >= 4 is 17.0 Å². The van der Waals surface area contributed by atoms with Gasteiger partial charge in [0.2, 0.25) is 5.88 Å². The van der Waals surface area contributed by atoms with Crippen molar-refractivity contribution in [2.75, 3.05) is 14.2 Å². The molecular weight excluding hydrogens is 336 g/mol. The van der Waals surface area contributed by atoms with Gasteiger partial charge in [0.05, 0.1) is 13.3 Å². The number of fused-ring (bicyclic) bond motifs is 1. The molecule has 140 valence electrons. The second kappa shape index (κ2) is 6.50. The van der Waals surface area contributed by atoms with Crippen molar-refractivity contribution < 1.29 is 19.4 Å². The quantitative estimate of drug-likeness (QED) is 0.816. The fraction of sp³-hybridized carbons (Fsp3) is 0.667. The van der Waals surface area contributed by atoms with Crippen molar-refractivity contribution in [1.82, 2.24) is 19.7 Å². The number of ether oxygens (including phenoxy) is 2. The monoisotopic (exact) mass is 360 g/mol. The van der Waals surface area contributed by atoms with Gasteiger partial charge in [0.25, 0.3) is 0 Å². The molecule has 2 fully saturated rings. The fourth-order valence-corrected chi connectivity index (χ4v) is 3.84. The van der Waals surface area contributed by atoms with E-state index >= 15 is 0 Å². The molecule has 26 heavy (non-hydrogen) atoms. The molecular formula is C18H24N4O4. The molecule has 2 saturated carbocycles. The summed E-state index contributed by atoms with van der Waals surface area (Å²) in [5.74, 6) is 0.990. The van der Waals surface area contributed by atoms with Gasteiger partial charge < -0.3 is 14.6 Å². The normalized spacial score (nSPS) is 26.2. The third-order valence-corrected chi connectivity index (χ3v) is 5.73. The minimum Gasteiger partial charge on any atom is -0.493 e. The molecule has 0 atom stereocenters. The maximum absolute atomic E-state index is 12.1. The molecule has 2 aliphatic rings. The van der Waals surface area contributed by atoms with Crippen molar-refractivity contribution in [3.63, 3.8) is 0 Å². The van der Waals surface area contributed by atoms with Gasteiger partial charge in [-0.25, -0.2) is 14.5 Å². The van der Waals surface area contributed by atoms with Crippen molar-refractivity contribution in [3.8, 4) is 5.88 Å². The Labute approximate surface area is 151 Å². The zero-order valence-electron chi connectivity index (χ0n) is 15.1. The summed E-state index contributed by atoms with van der Waals surface area (Å²) in [6, 6.07) is 0. The molecule has 0 spiro atoms. The van der Waals surface area contributed by atoms with Crippen LogP contribution in [0.5, 0.6) is 5.88 Å². The summed E-state index contributed by atoms with van der Waals surface area (Å²) in [6.45, 7) is 0.833. The van der Waals surface area contributed by atoms with Crippen LogP contribution in [0.25, 0.3) is 11.0 Å². The number of nitrogens with zero attached hydrogens (tertiary/aromatic N) is 4. The molecule has 0 aliphatic heterocycles. The lowest BCUT2D eigenvalue weighted by Gasteiger charge is -2.36. The van der Waals surface area contributed by atoms with Crippen LogP contribution < -0.4 is 0 Å². The topological polar surface area (TPSA) is 99.4 Å². The van der Waals surface area contributed by atoms with Crippen LogP contribution in [-0.4, -0.2) is 50.6 Å². The van der Waals surface area contributed by atoms with Crippen LogP contribution in [0.2, 0.25) is 0 Å². The Hall–Kier alpha value is -2.22. The average Bonchev–Trinajstić information content (AvgIpc) is 3.40. The van der Waals surface area contributed by atoms with Crippen LogP contribution in [0.3, 0.4) is 0 Å². The Morgan fingerprint density at radius 1 is 1.27 bits per heavy atom. The van der Waals surface area contributed by atoms with Gasteiger partial charge in [0.15, 0.2) is 11.2 Å². The predicted molar refractivity (Wildman–Crippen MR) is 92.7 cm³/mol. The van der Waals surface area contributed by atoms with Crippen molar-refractivity contribution in [2.24, 2.45) is 5.92 Å². The summed E-state index contributed by atoms with van der Waals surface area (Å²) in [5.41, 5.74) is -0.193. The molecule has 0 saturated heterocycles. The fourth-order valence-electron chi connectivity index (χ4n) is 3.84. The van der Waals surface area contributed by atoms with Crippen LogP contribution in [0.15, 0.2) is 6.20 Å². The number of hydrogen-bond acceptors (Lipinski definition) is 7. The highest BCUT2D eigenvalue weighted by Gasteiger charge is 2.44. The number of aromatic nitrogens is 4. The number of hydrogen-bond donors (Lipinski definition) is 1. The number of carbonyl (C=O) groups excluding carboxylic acids is 1. The highest BCUT2D eigenvalue weighted by molar-refractivity contribution is 5.80. The summed E-state index contributed by atoms with van der Waals surface area (Å²) in [7, 11) is 2.92. The average molecular weight is 360 g/mol. The molecule has 0 radical (unpaired) electrons. The lowest BCUT2D eigenvalue weighted by atomic mass is 9.78. The van der Waals surface area contributed by atoms with Gasteiger partial charge in [-0.05, 0) is 44.4 Å². The molecule has 4 rings (SSSR count). The van der Waals surface area contributed by atoms with Gasteiger partial charge in [0, 0.05) is 19.6 Å². The lowest BCUT2D eigenvalue weighted by Crippen LogP contribution is -2.44. The Morgan fingerprint density at radius 3 is 2.62 bits per heavy atom. The van der Waals surface area contributed by atoms with Crippen molar-refractivity contribution in [3.05, 3.63) is 12.0 Å². The largest absolute Gasteiger partial charge is 0.493 e. The summed E-state index contributed by atoms with van der Waals surface area (Å²) < 4.78 is 12.3. The Kier molecular flexibility index (Phi) is 4.30. The Morgan fingerprint density at radius 2 is 2.00 bits per heavy atom. The summed E-state index contributed by atoms with van der Waals surface area (Å²) >= 11 is 0. The molecule has 0 bridgehead atoms. The van der Waals surface area contributed by atoms with E-state index in [1.165, 1.54) is 20.0 Å². The Balaban J connectivity index is 1.58. The lowest BCUT2D eigenvalue weighted by molar-refractivity contribution is -0.170. The van der Waals surface area contributed by atoms with Gasteiger partial charge in [-0.3, -0.25) is 0 Å². The Bertz CT molecular complexity index is 822. The molecule has 8 nitrogen and oxygen atoms in total. The van der Waals surface area contributed by atoms with Crippen LogP contribution in [0, 0.1) is 5.92 Å². The first-order valence-corrected chi connectivity index (χ1v) is 9.12. The van der Waals surface area contributed by atoms with E-state index < -0.39 is 5.60 Å². The maximum atomic E-state index is 12.1. The van der Waals surface area contributed by atoms with E-state index in [0.29, 0.717) is 48.5 Å². The second-order valence-electron chi connectivity index (χ2n) is 7.38. The van der Waals surface area contributed by atoms with E-state index in [1.807, 2.05) is 4.68 Å². The summed E-state index contributed by atoms with van der Waals surface area (Å²) in [6.07, 6.45) is 6.57. The highest BCUT2D eigenvalue weighted by Crippen LogP contribution is 2.40. The molecule has 0 amide bonds. The first-order valence-electron chi connectivity index (χ1n) is 9.12. The maximum Gasteiger partial charge on any atom is 0.338 e. The second-order valence-corrected chi connectivity index (χ2v) is 7.38. The SMILES string of the molecule is COC(=O)C1(OC)CCC(c2nc(O)c3cnn(CC4CC4)c3n2)CC1. The molecule has 2 heterocycles.